The Labute approximate surface area is 183 Å². The molecule has 31 heavy (non-hydrogen) atoms. The van der Waals surface area contributed by atoms with Crippen LogP contribution in [-0.2, 0) is 4.79 Å². The highest BCUT2D eigenvalue weighted by Gasteiger charge is 2.24. The van der Waals surface area contributed by atoms with E-state index in [1.165, 1.54) is 0 Å². The van der Waals surface area contributed by atoms with Crippen molar-refractivity contribution in [1.29, 1.82) is 0 Å². The van der Waals surface area contributed by atoms with Gasteiger partial charge in [0, 0.05) is 25.2 Å². The number of hydrogen-bond donors (Lipinski definition) is 1. The zero-order valence-corrected chi connectivity index (χ0v) is 18.3. The lowest BCUT2D eigenvalue weighted by molar-refractivity contribution is -0.123. The van der Waals surface area contributed by atoms with E-state index in [2.05, 4.69) is 5.32 Å². The van der Waals surface area contributed by atoms with Crippen LogP contribution in [0.15, 0.2) is 42.5 Å². The third kappa shape index (κ3) is 6.13. The van der Waals surface area contributed by atoms with Crippen LogP contribution in [0.2, 0.25) is 0 Å². The van der Waals surface area contributed by atoms with Crippen molar-refractivity contribution in [3.63, 3.8) is 0 Å². The Morgan fingerprint density at radius 3 is 2.32 bits per heavy atom. The van der Waals surface area contributed by atoms with E-state index in [0.29, 0.717) is 48.4 Å². The van der Waals surface area contributed by atoms with Crippen molar-refractivity contribution in [2.75, 3.05) is 40.5 Å². The molecule has 0 saturated carbocycles. The molecule has 1 saturated heterocycles. The highest BCUT2D eigenvalue weighted by atomic mass is 16.5. The molecule has 0 spiro atoms. The maximum atomic E-state index is 12.8. The van der Waals surface area contributed by atoms with E-state index < -0.39 is 0 Å². The van der Waals surface area contributed by atoms with E-state index >= 15 is 0 Å². The molecule has 166 valence electrons. The summed E-state index contributed by atoms with van der Waals surface area (Å²) in [6.45, 7) is 3.92. The van der Waals surface area contributed by atoms with Gasteiger partial charge in [-0.1, -0.05) is 17.7 Å². The molecule has 7 heteroatoms. The molecule has 3 rings (SSSR count). The van der Waals surface area contributed by atoms with Crippen molar-refractivity contribution in [3.8, 4) is 17.2 Å². The van der Waals surface area contributed by atoms with E-state index in [1.54, 1.807) is 32.4 Å². The normalized spacial score (nSPS) is 14.1. The fourth-order valence-electron chi connectivity index (χ4n) is 3.58. The highest BCUT2D eigenvalue weighted by molar-refractivity contribution is 5.95. The molecular weight excluding hydrogens is 396 g/mol. The minimum Gasteiger partial charge on any atom is -0.493 e. The molecule has 0 unspecified atom stereocenters. The molecule has 2 aromatic carbocycles. The summed E-state index contributed by atoms with van der Waals surface area (Å²) in [6.07, 6.45) is 1.69. The number of piperidine rings is 1. The van der Waals surface area contributed by atoms with Crippen molar-refractivity contribution in [2.24, 2.45) is 5.92 Å². The number of carbonyl (C=O) groups is 2. The number of benzene rings is 2. The molecule has 2 amide bonds. The van der Waals surface area contributed by atoms with E-state index in [-0.39, 0.29) is 18.4 Å². The van der Waals surface area contributed by atoms with Crippen LogP contribution in [0.1, 0.15) is 28.8 Å². The molecule has 0 bridgehead atoms. The second-order valence-corrected chi connectivity index (χ2v) is 7.71. The zero-order valence-electron chi connectivity index (χ0n) is 18.3. The van der Waals surface area contributed by atoms with Crippen molar-refractivity contribution < 1.29 is 23.8 Å². The Morgan fingerprint density at radius 1 is 1.00 bits per heavy atom. The van der Waals surface area contributed by atoms with Crippen LogP contribution in [-0.4, -0.2) is 57.2 Å². The van der Waals surface area contributed by atoms with Crippen LogP contribution in [0, 0.1) is 12.8 Å². The van der Waals surface area contributed by atoms with Gasteiger partial charge in [0.15, 0.2) is 18.1 Å². The van der Waals surface area contributed by atoms with Gasteiger partial charge >= 0.3 is 0 Å². The number of rotatable bonds is 8. The summed E-state index contributed by atoms with van der Waals surface area (Å²) in [5.41, 5.74) is 1.73. The molecule has 7 nitrogen and oxygen atoms in total. The van der Waals surface area contributed by atoms with E-state index in [1.807, 2.05) is 36.1 Å². The number of ether oxygens (including phenoxy) is 3. The molecule has 0 radical (unpaired) electrons. The Morgan fingerprint density at radius 2 is 1.68 bits per heavy atom. The highest BCUT2D eigenvalue weighted by Crippen LogP contribution is 2.28. The van der Waals surface area contributed by atoms with Crippen LogP contribution in [0.4, 0.5) is 0 Å². The first kappa shape index (κ1) is 22.5. The van der Waals surface area contributed by atoms with Gasteiger partial charge < -0.3 is 24.4 Å². The average Bonchev–Trinajstić information content (AvgIpc) is 2.81. The standard InChI is InChI=1S/C24H30N2O5/c1-17-4-7-20(8-5-17)31-16-23(27)25-15-18-10-12-26(13-11-18)24(28)19-6-9-21(29-2)22(14-19)30-3/h4-9,14,18H,10-13,15-16H2,1-3H3,(H,25,27). The number of amides is 2. The number of nitrogens with zero attached hydrogens (tertiary/aromatic N) is 1. The minimum atomic E-state index is -0.135. The Kier molecular flexibility index (Phi) is 7.76. The van der Waals surface area contributed by atoms with Gasteiger partial charge in [-0.15, -0.1) is 0 Å². The maximum absolute atomic E-state index is 12.8. The van der Waals surface area contributed by atoms with Gasteiger partial charge in [-0.25, -0.2) is 0 Å². The average molecular weight is 427 g/mol. The Hall–Kier alpha value is -3.22. The molecule has 2 aromatic rings. The monoisotopic (exact) mass is 426 g/mol. The van der Waals surface area contributed by atoms with Crippen LogP contribution in [0.25, 0.3) is 0 Å². The maximum Gasteiger partial charge on any atom is 0.257 e. The van der Waals surface area contributed by atoms with Gasteiger partial charge in [-0.2, -0.15) is 0 Å². The summed E-state index contributed by atoms with van der Waals surface area (Å²) >= 11 is 0. The van der Waals surface area contributed by atoms with Gasteiger partial charge in [-0.3, -0.25) is 9.59 Å². The molecule has 1 heterocycles. The van der Waals surface area contributed by atoms with E-state index in [9.17, 15) is 9.59 Å². The van der Waals surface area contributed by atoms with Crippen molar-refractivity contribution >= 4 is 11.8 Å². The summed E-state index contributed by atoms with van der Waals surface area (Å²) in [7, 11) is 3.12. The predicted molar refractivity (Wildman–Crippen MR) is 118 cm³/mol. The van der Waals surface area contributed by atoms with Gasteiger partial charge in [0.25, 0.3) is 11.8 Å². The van der Waals surface area contributed by atoms with E-state index in [4.69, 9.17) is 14.2 Å². The van der Waals surface area contributed by atoms with Crippen molar-refractivity contribution in [3.05, 3.63) is 53.6 Å². The number of hydrogen-bond acceptors (Lipinski definition) is 5. The number of aryl methyl sites for hydroxylation is 1. The zero-order chi connectivity index (χ0) is 22.2. The predicted octanol–water partition coefficient (Wildman–Crippen LogP) is 3.06. The topological polar surface area (TPSA) is 77.1 Å². The first-order chi connectivity index (χ1) is 15.0. The molecule has 1 aliphatic heterocycles. The van der Waals surface area contributed by atoms with Crippen LogP contribution in [0.5, 0.6) is 17.2 Å². The van der Waals surface area contributed by atoms with Crippen molar-refractivity contribution in [1.82, 2.24) is 10.2 Å². The SMILES string of the molecule is COc1ccc(C(=O)N2CCC(CNC(=O)COc3ccc(C)cc3)CC2)cc1OC. The molecule has 0 aliphatic carbocycles. The lowest BCUT2D eigenvalue weighted by Gasteiger charge is -2.32. The van der Waals surface area contributed by atoms with Crippen molar-refractivity contribution in [2.45, 2.75) is 19.8 Å². The number of nitrogens with one attached hydrogen (secondary N) is 1. The second kappa shape index (κ2) is 10.7. The first-order valence-electron chi connectivity index (χ1n) is 10.5. The summed E-state index contributed by atoms with van der Waals surface area (Å²) in [4.78, 5) is 26.7. The number of carbonyl (C=O) groups excluding carboxylic acids is 2. The van der Waals surface area contributed by atoms with E-state index in [0.717, 1.165) is 18.4 Å². The largest absolute Gasteiger partial charge is 0.493 e. The lowest BCUT2D eigenvalue weighted by Crippen LogP contribution is -2.42. The molecule has 0 atom stereocenters. The fraction of sp³-hybridized carbons (Fsp3) is 0.417. The quantitative estimate of drug-likeness (QED) is 0.702. The third-order valence-corrected chi connectivity index (χ3v) is 5.51. The summed E-state index contributed by atoms with van der Waals surface area (Å²) in [6, 6.07) is 12.8. The number of likely N-dealkylation sites (tertiary alicyclic amines) is 1. The second-order valence-electron chi connectivity index (χ2n) is 7.71. The summed E-state index contributed by atoms with van der Waals surface area (Å²) in [5.74, 6) is 2.01. The molecule has 1 N–H and O–H groups in total. The number of methoxy groups -OCH3 is 2. The third-order valence-electron chi connectivity index (χ3n) is 5.51. The fourth-order valence-corrected chi connectivity index (χ4v) is 3.58. The molecule has 0 aromatic heterocycles. The van der Waals surface area contributed by atoms with Gasteiger partial charge in [0.2, 0.25) is 0 Å². The summed E-state index contributed by atoms with van der Waals surface area (Å²) < 4.78 is 16.0. The smallest absolute Gasteiger partial charge is 0.257 e. The first-order valence-corrected chi connectivity index (χ1v) is 10.5. The lowest BCUT2D eigenvalue weighted by atomic mass is 9.96. The molecule has 1 fully saturated rings. The van der Waals surface area contributed by atoms with Crippen LogP contribution in [0.3, 0.4) is 0 Å². The molecular formula is C24H30N2O5. The molecule has 1 aliphatic rings. The van der Waals surface area contributed by atoms with Crippen LogP contribution < -0.4 is 19.5 Å². The minimum absolute atomic E-state index is 0.000303. The Balaban J connectivity index is 1.41. The Bertz CT molecular complexity index is 889. The van der Waals surface area contributed by atoms with Gasteiger partial charge in [0.1, 0.15) is 5.75 Å². The van der Waals surface area contributed by atoms with Crippen LogP contribution >= 0.6 is 0 Å². The summed E-state index contributed by atoms with van der Waals surface area (Å²) in [5, 5.41) is 2.94. The van der Waals surface area contributed by atoms with Gasteiger partial charge in [0.05, 0.1) is 14.2 Å². The van der Waals surface area contributed by atoms with Gasteiger partial charge in [-0.05, 0) is 56.0 Å².